The van der Waals surface area contributed by atoms with Gasteiger partial charge in [-0.15, -0.1) is 0 Å². The van der Waals surface area contributed by atoms with Crippen molar-refractivity contribution in [3.05, 3.63) is 46.9 Å². The average Bonchev–Trinajstić information content (AvgIpc) is 3.14. The number of hydrogen-bond acceptors (Lipinski definition) is 5. The molecule has 0 saturated heterocycles. The molecule has 6 nitrogen and oxygen atoms in total. The van der Waals surface area contributed by atoms with Crippen LogP contribution in [0.25, 0.3) is 11.4 Å². The number of hydrogen-bond donors (Lipinski definition) is 1. The molecule has 0 radical (unpaired) electrons. The Balaban J connectivity index is 2.11. The van der Waals surface area contributed by atoms with Crippen molar-refractivity contribution in [3.63, 3.8) is 0 Å². The van der Waals surface area contributed by atoms with E-state index in [0.717, 1.165) is 30.2 Å². The van der Waals surface area contributed by atoms with Gasteiger partial charge in [-0.25, -0.2) is 14.5 Å². The van der Waals surface area contributed by atoms with Crippen LogP contribution in [0.3, 0.4) is 0 Å². The summed E-state index contributed by atoms with van der Waals surface area (Å²) in [7, 11) is 0. The highest BCUT2D eigenvalue weighted by Crippen LogP contribution is 2.36. The predicted octanol–water partition coefficient (Wildman–Crippen LogP) is 4.03. The lowest BCUT2D eigenvalue weighted by atomic mass is 9.83. The van der Waals surface area contributed by atoms with E-state index in [1.54, 1.807) is 12.1 Å². The summed E-state index contributed by atoms with van der Waals surface area (Å²) in [4.78, 5) is 16.3. The van der Waals surface area contributed by atoms with Gasteiger partial charge in [-0.05, 0) is 55.4 Å². The molecule has 2 heterocycles. The highest BCUT2D eigenvalue weighted by Gasteiger charge is 2.41. The Morgan fingerprint density at radius 1 is 1.38 bits per heavy atom. The van der Waals surface area contributed by atoms with Crippen molar-refractivity contribution in [1.82, 2.24) is 14.8 Å². The third kappa shape index (κ3) is 4.19. The molecule has 1 unspecified atom stereocenters. The number of aliphatic hydroxyl groups excluding tert-OH is 1. The van der Waals surface area contributed by atoms with Gasteiger partial charge < -0.3 is 9.84 Å². The zero-order valence-electron chi connectivity index (χ0n) is 16.2. The lowest BCUT2D eigenvalue weighted by molar-refractivity contribution is -0.143. The molecule has 0 spiro atoms. The molecule has 0 amide bonds. The first-order chi connectivity index (χ1) is 13.8. The molecule has 1 aliphatic rings. The molecule has 9 heteroatoms. The van der Waals surface area contributed by atoms with Gasteiger partial charge in [0.2, 0.25) is 0 Å². The van der Waals surface area contributed by atoms with Gasteiger partial charge in [0, 0.05) is 0 Å². The monoisotopic (exact) mass is 409 g/mol. The molecule has 1 N–H and O–H groups in total. The van der Waals surface area contributed by atoms with Crippen LogP contribution in [0.2, 0.25) is 0 Å². The Hall–Kier alpha value is -2.68. The Kier molecular flexibility index (Phi) is 6.07. The lowest BCUT2D eigenvalue weighted by Crippen LogP contribution is -2.19. The van der Waals surface area contributed by atoms with E-state index < -0.39 is 23.4 Å². The maximum atomic E-state index is 13.7. The van der Waals surface area contributed by atoms with Crippen LogP contribution in [0.4, 0.5) is 13.2 Å². The highest BCUT2D eigenvalue weighted by molar-refractivity contribution is 5.90. The van der Waals surface area contributed by atoms with Crippen LogP contribution in [-0.2, 0) is 10.9 Å². The number of carbonyl (C=O) groups is 1. The minimum Gasteiger partial charge on any atom is -0.462 e. The summed E-state index contributed by atoms with van der Waals surface area (Å²) >= 11 is 0. The average molecular weight is 409 g/mol. The third-order valence-electron chi connectivity index (χ3n) is 5.01. The number of pyridine rings is 1. The number of carbonyl (C=O) groups excluding carboxylic acids is 1. The Bertz CT molecular complexity index is 935. The second-order valence-corrected chi connectivity index (χ2v) is 6.87. The summed E-state index contributed by atoms with van der Waals surface area (Å²) < 4.78 is 46.5. The van der Waals surface area contributed by atoms with Crippen LogP contribution in [0.15, 0.2) is 30.0 Å². The molecule has 1 atom stereocenters. The molecular formula is C20H22F3N3O3. The van der Waals surface area contributed by atoms with Crippen LogP contribution in [-0.4, -0.2) is 39.1 Å². The summed E-state index contributed by atoms with van der Waals surface area (Å²) in [5.74, 6) is -0.970. The maximum absolute atomic E-state index is 13.7. The Morgan fingerprint density at radius 3 is 2.79 bits per heavy atom. The van der Waals surface area contributed by atoms with Crippen molar-refractivity contribution in [1.29, 1.82) is 0 Å². The van der Waals surface area contributed by atoms with Crippen molar-refractivity contribution >= 4 is 11.5 Å². The van der Waals surface area contributed by atoms with E-state index in [1.807, 2.05) is 6.92 Å². The van der Waals surface area contributed by atoms with Gasteiger partial charge in [0.1, 0.15) is 5.56 Å². The van der Waals surface area contributed by atoms with Gasteiger partial charge in [0.25, 0.3) is 0 Å². The number of aromatic nitrogens is 3. The lowest BCUT2D eigenvalue weighted by Gasteiger charge is -2.25. The van der Waals surface area contributed by atoms with E-state index >= 15 is 0 Å². The number of allylic oxidation sites excluding steroid dienone is 1. The van der Waals surface area contributed by atoms with Gasteiger partial charge in [-0.3, -0.25) is 0 Å². The zero-order chi connectivity index (χ0) is 21.2. The first-order valence-electron chi connectivity index (χ1n) is 9.40. The van der Waals surface area contributed by atoms with E-state index in [9.17, 15) is 23.1 Å². The normalized spacial score (nSPS) is 17.5. The first kappa shape index (κ1) is 21.0. The second kappa shape index (κ2) is 8.36. The molecule has 156 valence electrons. The molecule has 0 bridgehead atoms. The predicted molar refractivity (Wildman–Crippen MR) is 99.3 cm³/mol. The molecule has 0 aromatic carbocycles. The van der Waals surface area contributed by atoms with Crippen molar-refractivity contribution in [2.24, 2.45) is 5.92 Å². The number of aliphatic hydroxyl groups is 1. The highest BCUT2D eigenvalue weighted by atomic mass is 19.4. The largest absolute Gasteiger partial charge is 0.462 e. The number of ether oxygens (including phenoxy) is 1. The van der Waals surface area contributed by atoms with Gasteiger partial charge in [0.15, 0.2) is 11.5 Å². The second-order valence-electron chi connectivity index (χ2n) is 6.87. The van der Waals surface area contributed by atoms with E-state index in [2.05, 4.69) is 10.1 Å². The minimum absolute atomic E-state index is 0.0503. The van der Waals surface area contributed by atoms with Crippen LogP contribution in [0, 0.1) is 5.92 Å². The molecule has 0 aliphatic heterocycles. The smallest absolute Gasteiger partial charge is 0.434 e. The summed E-state index contributed by atoms with van der Waals surface area (Å²) in [5, 5.41) is 13.5. The van der Waals surface area contributed by atoms with Crippen LogP contribution >= 0.6 is 0 Å². The zero-order valence-corrected chi connectivity index (χ0v) is 16.2. The molecular weight excluding hydrogens is 387 g/mol. The molecule has 0 saturated carbocycles. The molecule has 0 fully saturated rings. The van der Waals surface area contributed by atoms with Gasteiger partial charge in [0.05, 0.1) is 25.1 Å². The first-order valence-corrected chi connectivity index (χ1v) is 9.40. The summed E-state index contributed by atoms with van der Waals surface area (Å²) in [6.07, 6.45) is -1.44. The van der Waals surface area contributed by atoms with Gasteiger partial charge in [-0.2, -0.15) is 18.3 Å². The summed E-state index contributed by atoms with van der Waals surface area (Å²) in [6, 6.07) is 4.69. The fourth-order valence-corrected chi connectivity index (χ4v) is 3.62. The van der Waals surface area contributed by atoms with E-state index in [-0.39, 0.29) is 24.9 Å². The van der Waals surface area contributed by atoms with Crippen LogP contribution in [0.1, 0.15) is 54.9 Å². The van der Waals surface area contributed by atoms with E-state index in [1.165, 1.54) is 13.0 Å². The maximum Gasteiger partial charge on any atom is 0.434 e. The molecule has 2 aromatic rings. The van der Waals surface area contributed by atoms with Crippen molar-refractivity contribution < 1.29 is 27.8 Å². The quantitative estimate of drug-likeness (QED) is 0.755. The van der Waals surface area contributed by atoms with Crippen LogP contribution in [0.5, 0.6) is 0 Å². The summed E-state index contributed by atoms with van der Waals surface area (Å²) in [5.41, 5.74) is 0.311. The Labute approximate surface area is 166 Å². The van der Waals surface area contributed by atoms with Crippen LogP contribution < -0.4 is 0 Å². The van der Waals surface area contributed by atoms with Gasteiger partial charge in [-0.1, -0.05) is 13.0 Å². The fourth-order valence-electron chi connectivity index (χ4n) is 3.62. The van der Waals surface area contributed by atoms with E-state index in [0.29, 0.717) is 16.8 Å². The SMILES string of the molecule is CCOC(=O)c1cnn(-c2cccc(C3=C(CO)C(C)CCC3)n2)c1C(F)(F)F. The van der Waals surface area contributed by atoms with E-state index in [4.69, 9.17) is 4.74 Å². The van der Waals surface area contributed by atoms with Crippen molar-refractivity contribution in [3.8, 4) is 5.82 Å². The number of esters is 1. The topological polar surface area (TPSA) is 77.2 Å². The van der Waals surface area contributed by atoms with Gasteiger partial charge >= 0.3 is 12.1 Å². The number of rotatable bonds is 5. The summed E-state index contributed by atoms with van der Waals surface area (Å²) in [6.45, 7) is 3.35. The Morgan fingerprint density at radius 2 is 2.14 bits per heavy atom. The van der Waals surface area contributed by atoms with Crippen molar-refractivity contribution in [2.75, 3.05) is 13.2 Å². The number of alkyl halides is 3. The van der Waals surface area contributed by atoms with Crippen molar-refractivity contribution in [2.45, 2.75) is 39.3 Å². The minimum atomic E-state index is -4.83. The fraction of sp³-hybridized carbons (Fsp3) is 0.450. The molecule has 1 aliphatic carbocycles. The number of halogens is 3. The molecule has 29 heavy (non-hydrogen) atoms. The molecule has 3 rings (SSSR count). The molecule has 2 aromatic heterocycles. The standard InChI is InChI=1S/C20H22F3N3O3/c1-3-29-19(28)14-10-24-26(18(14)20(21,22)23)17-9-5-8-16(25-17)13-7-4-6-12(2)15(13)11-27/h5,8-10,12,27H,3-4,6-7,11H2,1-2H3. The third-order valence-corrected chi connectivity index (χ3v) is 5.01. The number of nitrogens with zero attached hydrogens (tertiary/aromatic N) is 3.